The number of rotatable bonds is 11. The normalized spacial score (nSPS) is 14.3. The number of nitrogens with zero attached hydrogens (tertiary/aromatic N) is 1. The van der Waals surface area contributed by atoms with E-state index in [1.54, 1.807) is 0 Å². The molecular weight excluding hydrogens is 328 g/mol. The number of ketones is 1. The summed E-state index contributed by atoms with van der Waals surface area (Å²) in [7, 11) is 0. The number of nitrogens with one attached hydrogen (secondary N) is 1. The SMILES string of the molecule is CC(C)(C)C(=O)COCCOCCNC(=O)CCN1C(=O)C=CC1=O. The van der Waals surface area contributed by atoms with Gasteiger partial charge in [-0.25, -0.2) is 0 Å². The summed E-state index contributed by atoms with van der Waals surface area (Å²) in [6.07, 6.45) is 2.42. The largest absolute Gasteiger partial charge is 0.377 e. The van der Waals surface area contributed by atoms with Gasteiger partial charge in [0.15, 0.2) is 5.78 Å². The van der Waals surface area contributed by atoms with Crippen molar-refractivity contribution in [2.24, 2.45) is 5.41 Å². The van der Waals surface area contributed by atoms with Crippen molar-refractivity contribution in [3.63, 3.8) is 0 Å². The third-order valence-electron chi connectivity index (χ3n) is 3.47. The maximum Gasteiger partial charge on any atom is 0.253 e. The van der Waals surface area contributed by atoms with Gasteiger partial charge in [0.25, 0.3) is 11.8 Å². The highest BCUT2D eigenvalue weighted by molar-refractivity contribution is 6.13. The second-order valence-electron chi connectivity index (χ2n) is 6.60. The van der Waals surface area contributed by atoms with Crippen LogP contribution in [0.4, 0.5) is 0 Å². The second-order valence-corrected chi connectivity index (χ2v) is 6.60. The highest BCUT2D eigenvalue weighted by Gasteiger charge is 2.23. The minimum Gasteiger partial charge on any atom is -0.377 e. The van der Waals surface area contributed by atoms with Crippen LogP contribution in [-0.2, 0) is 28.7 Å². The van der Waals surface area contributed by atoms with E-state index >= 15 is 0 Å². The smallest absolute Gasteiger partial charge is 0.253 e. The molecule has 0 saturated heterocycles. The lowest BCUT2D eigenvalue weighted by Gasteiger charge is -2.16. The zero-order valence-electron chi connectivity index (χ0n) is 15.0. The highest BCUT2D eigenvalue weighted by Crippen LogP contribution is 2.14. The summed E-state index contributed by atoms with van der Waals surface area (Å²) in [5.74, 6) is -1.02. The lowest BCUT2D eigenvalue weighted by Crippen LogP contribution is -2.35. The molecule has 25 heavy (non-hydrogen) atoms. The molecule has 0 aromatic heterocycles. The van der Waals surface area contributed by atoms with Crippen molar-refractivity contribution in [3.8, 4) is 0 Å². The van der Waals surface area contributed by atoms with Crippen LogP contribution in [0.1, 0.15) is 27.2 Å². The molecule has 0 aromatic carbocycles. The molecule has 8 heteroatoms. The average Bonchev–Trinajstić information content (AvgIpc) is 2.85. The van der Waals surface area contributed by atoms with Gasteiger partial charge in [0, 0.05) is 37.1 Å². The number of amides is 3. The summed E-state index contributed by atoms with van der Waals surface area (Å²) in [6, 6.07) is 0. The van der Waals surface area contributed by atoms with Crippen LogP contribution in [0.2, 0.25) is 0 Å². The molecule has 0 bridgehead atoms. The van der Waals surface area contributed by atoms with Gasteiger partial charge in [-0.15, -0.1) is 0 Å². The minimum atomic E-state index is -0.411. The van der Waals surface area contributed by atoms with E-state index in [0.29, 0.717) is 26.4 Å². The molecule has 0 aliphatic carbocycles. The molecule has 0 radical (unpaired) electrons. The van der Waals surface area contributed by atoms with Crippen LogP contribution in [0.25, 0.3) is 0 Å². The monoisotopic (exact) mass is 354 g/mol. The van der Waals surface area contributed by atoms with Crippen molar-refractivity contribution in [2.45, 2.75) is 27.2 Å². The summed E-state index contributed by atoms with van der Waals surface area (Å²) in [5.41, 5.74) is -0.411. The molecule has 1 N–H and O–H groups in total. The summed E-state index contributed by atoms with van der Waals surface area (Å²) in [5, 5.41) is 2.64. The average molecular weight is 354 g/mol. The summed E-state index contributed by atoms with van der Waals surface area (Å²) >= 11 is 0. The zero-order chi connectivity index (χ0) is 18.9. The van der Waals surface area contributed by atoms with Gasteiger partial charge in [-0.3, -0.25) is 24.1 Å². The Bertz CT molecular complexity index is 518. The van der Waals surface area contributed by atoms with Gasteiger partial charge in [0.05, 0.1) is 19.8 Å². The summed E-state index contributed by atoms with van der Waals surface area (Å²) < 4.78 is 10.5. The van der Waals surface area contributed by atoms with Gasteiger partial charge in [-0.1, -0.05) is 20.8 Å². The van der Waals surface area contributed by atoms with E-state index in [4.69, 9.17) is 9.47 Å². The predicted octanol–water partition coefficient (Wildman–Crippen LogP) is 0.0661. The van der Waals surface area contributed by atoms with Crippen molar-refractivity contribution in [1.82, 2.24) is 10.2 Å². The first kappa shape index (κ1) is 21.0. The van der Waals surface area contributed by atoms with Crippen LogP contribution in [0.5, 0.6) is 0 Å². The molecule has 1 aliphatic rings. The third kappa shape index (κ3) is 8.04. The molecule has 0 spiro atoms. The van der Waals surface area contributed by atoms with E-state index in [1.807, 2.05) is 20.8 Å². The molecule has 3 amide bonds. The number of ether oxygens (including phenoxy) is 2. The van der Waals surface area contributed by atoms with Gasteiger partial charge in [-0.05, 0) is 0 Å². The number of hydrogen-bond acceptors (Lipinski definition) is 6. The maximum absolute atomic E-state index is 11.6. The van der Waals surface area contributed by atoms with Crippen LogP contribution in [0.3, 0.4) is 0 Å². The Morgan fingerprint density at radius 2 is 1.64 bits per heavy atom. The fourth-order valence-electron chi connectivity index (χ4n) is 1.82. The summed E-state index contributed by atoms with van der Waals surface area (Å²) in [6.45, 7) is 6.90. The van der Waals surface area contributed by atoms with Crippen molar-refractivity contribution in [1.29, 1.82) is 0 Å². The first-order chi connectivity index (χ1) is 11.7. The molecule has 0 saturated carbocycles. The van der Waals surface area contributed by atoms with Crippen molar-refractivity contribution >= 4 is 23.5 Å². The number of imide groups is 1. The molecular formula is C17H26N2O6. The molecule has 0 atom stereocenters. The van der Waals surface area contributed by atoms with Crippen molar-refractivity contribution in [2.75, 3.05) is 39.5 Å². The Hall–Kier alpha value is -2.06. The molecule has 140 valence electrons. The molecule has 0 unspecified atom stereocenters. The molecule has 0 fully saturated rings. The van der Waals surface area contributed by atoms with E-state index in [1.165, 1.54) is 12.2 Å². The number of carbonyl (C=O) groups excluding carboxylic acids is 4. The lowest BCUT2D eigenvalue weighted by atomic mass is 9.91. The zero-order valence-corrected chi connectivity index (χ0v) is 15.0. The Kier molecular flexibility index (Phi) is 8.44. The van der Waals surface area contributed by atoms with E-state index in [-0.39, 0.29) is 31.3 Å². The van der Waals surface area contributed by atoms with Gasteiger partial charge >= 0.3 is 0 Å². The minimum absolute atomic E-state index is 0.0323. The first-order valence-electron chi connectivity index (χ1n) is 8.21. The van der Waals surface area contributed by atoms with Crippen LogP contribution in [0, 0.1) is 5.41 Å². The van der Waals surface area contributed by atoms with Crippen LogP contribution >= 0.6 is 0 Å². The standard InChI is InChI=1S/C17H26N2O6/c1-17(2,3)13(20)12-25-11-10-24-9-7-18-14(21)6-8-19-15(22)4-5-16(19)23/h4-5H,6-12H2,1-3H3,(H,18,21). The van der Waals surface area contributed by atoms with E-state index in [0.717, 1.165) is 4.90 Å². The molecule has 8 nitrogen and oxygen atoms in total. The quantitative estimate of drug-likeness (QED) is 0.416. The van der Waals surface area contributed by atoms with Gasteiger partial charge in [0.2, 0.25) is 5.91 Å². The predicted molar refractivity (Wildman–Crippen MR) is 89.6 cm³/mol. The van der Waals surface area contributed by atoms with Crippen LogP contribution in [-0.4, -0.2) is 67.9 Å². The highest BCUT2D eigenvalue weighted by atomic mass is 16.5. The van der Waals surface area contributed by atoms with Gasteiger partial charge < -0.3 is 14.8 Å². The fourth-order valence-corrected chi connectivity index (χ4v) is 1.82. The molecule has 1 rings (SSSR count). The summed E-state index contributed by atoms with van der Waals surface area (Å²) in [4.78, 5) is 46.9. The Morgan fingerprint density at radius 3 is 2.24 bits per heavy atom. The molecule has 1 heterocycles. The van der Waals surface area contributed by atoms with E-state index in [2.05, 4.69) is 5.32 Å². The Labute approximate surface area is 147 Å². The van der Waals surface area contributed by atoms with Gasteiger partial charge in [0.1, 0.15) is 6.61 Å². The Balaban J connectivity index is 1.97. The lowest BCUT2D eigenvalue weighted by molar-refractivity contribution is -0.137. The Morgan fingerprint density at radius 1 is 1.04 bits per heavy atom. The topological polar surface area (TPSA) is 102 Å². The first-order valence-corrected chi connectivity index (χ1v) is 8.21. The second kappa shape index (κ2) is 10.0. The molecule has 0 aromatic rings. The van der Waals surface area contributed by atoms with Crippen LogP contribution < -0.4 is 5.32 Å². The third-order valence-corrected chi connectivity index (χ3v) is 3.47. The number of hydrogen-bond donors (Lipinski definition) is 1. The number of Topliss-reactive ketones (excluding diaryl/α,β-unsaturated/α-hetero) is 1. The molecule has 1 aliphatic heterocycles. The number of carbonyl (C=O) groups is 4. The van der Waals surface area contributed by atoms with Crippen LogP contribution in [0.15, 0.2) is 12.2 Å². The van der Waals surface area contributed by atoms with E-state index < -0.39 is 17.2 Å². The van der Waals surface area contributed by atoms with Crippen molar-refractivity contribution in [3.05, 3.63) is 12.2 Å². The van der Waals surface area contributed by atoms with Crippen molar-refractivity contribution < 1.29 is 28.7 Å². The maximum atomic E-state index is 11.6. The fraction of sp³-hybridized carbons (Fsp3) is 0.647. The van der Waals surface area contributed by atoms with Gasteiger partial charge in [-0.2, -0.15) is 0 Å². The van der Waals surface area contributed by atoms with E-state index in [9.17, 15) is 19.2 Å².